The number of furan rings is 1. The average molecular weight is 897 g/mol. The van der Waals surface area contributed by atoms with Crippen LogP contribution in [0.1, 0.15) is 184 Å². The smallest absolute Gasteiger partial charge is 0.257 e. The molecule has 3 heterocycles. The van der Waals surface area contributed by atoms with Crippen LogP contribution in [-0.4, -0.2) is 6.71 Å². The van der Waals surface area contributed by atoms with Gasteiger partial charge in [-0.05, 0) is 201 Å². The summed E-state index contributed by atoms with van der Waals surface area (Å²) in [6, 6.07) is 36.9. The molecule has 3 aliphatic carbocycles. The lowest BCUT2D eigenvalue weighted by atomic mass is 9.32. The number of hydrogen-bond acceptors (Lipinski definition) is 3. The van der Waals surface area contributed by atoms with Crippen LogP contribution >= 0.6 is 0 Å². The van der Waals surface area contributed by atoms with E-state index in [9.17, 15) is 0 Å². The normalized spacial score (nSPS) is 19.9. The Kier molecular flexibility index (Phi) is 9.49. The maximum atomic E-state index is 7.56. The van der Waals surface area contributed by atoms with Crippen molar-refractivity contribution in [3.05, 3.63) is 136 Å². The van der Waals surface area contributed by atoms with E-state index >= 15 is 0 Å². The van der Waals surface area contributed by atoms with Crippen molar-refractivity contribution in [2.24, 2.45) is 0 Å². The lowest BCUT2D eigenvalue weighted by Gasteiger charge is -2.48. The number of nitrogens with zero attached hydrogens (tertiary/aromatic N) is 2. The lowest BCUT2D eigenvalue weighted by molar-refractivity contribution is 0.332. The van der Waals surface area contributed by atoms with E-state index in [0.717, 1.165) is 11.2 Å². The van der Waals surface area contributed by atoms with Crippen LogP contribution in [0.3, 0.4) is 0 Å². The van der Waals surface area contributed by atoms with E-state index in [-0.39, 0.29) is 33.8 Å². The van der Waals surface area contributed by atoms with E-state index in [1.54, 1.807) is 0 Å². The average Bonchev–Trinajstić information content (AvgIpc) is 3.67. The molecule has 1 aromatic heterocycles. The molecule has 1 saturated carbocycles. The molecule has 0 bridgehead atoms. The van der Waals surface area contributed by atoms with Crippen LogP contribution in [0.15, 0.2) is 95.4 Å². The molecule has 6 aromatic carbocycles. The molecular weight excluding hydrogens is 824 g/mol. The zero-order valence-corrected chi connectivity index (χ0v) is 43.5. The maximum Gasteiger partial charge on any atom is 0.257 e. The van der Waals surface area contributed by atoms with E-state index < -0.39 is 0 Å². The minimum absolute atomic E-state index is 0.0394. The predicted octanol–water partition coefficient (Wildman–Crippen LogP) is 16.3. The van der Waals surface area contributed by atoms with Gasteiger partial charge in [-0.3, -0.25) is 0 Å². The van der Waals surface area contributed by atoms with Gasteiger partial charge in [0.05, 0.1) is 0 Å². The van der Waals surface area contributed by atoms with Crippen molar-refractivity contribution >= 4 is 79.2 Å². The summed E-state index contributed by atoms with van der Waals surface area (Å²) < 4.78 is 7.56. The molecule has 2 aliphatic heterocycles. The van der Waals surface area contributed by atoms with Crippen molar-refractivity contribution < 1.29 is 4.42 Å². The fourth-order valence-corrected chi connectivity index (χ4v) is 13.8. The van der Waals surface area contributed by atoms with Crippen LogP contribution in [0.2, 0.25) is 0 Å². The zero-order valence-electron chi connectivity index (χ0n) is 43.5. The molecule has 0 spiro atoms. The summed E-state index contributed by atoms with van der Waals surface area (Å²) in [6.07, 6.45) is 11.1. The van der Waals surface area contributed by atoms with E-state index in [0.29, 0.717) is 5.92 Å². The molecule has 4 heteroatoms. The van der Waals surface area contributed by atoms with Crippen molar-refractivity contribution in [3.63, 3.8) is 0 Å². The predicted molar refractivity (Wildman–Crippen MR) is 292 cm³/mol. The third kappa shape index (κ3) is 6.43. The van der Waals surface area contributed by atoms with E-state index in [4.69, 9.17) is 4.42 Å². The Bertz CT molecular complexity index is 3250. The minimum Gasteiger partial charge on any atom is -0.457 e. The summed E-state index contributed by atoms with van der Waals surface area (Å²) in [4.78, 5) is 5.38. The van der Waals surface area contributed by atoms with E-state index in [2.05, 4.69) is 191 Å². The monoisotopic (exact) mass is 897 g/mol. The summed E-state index contributed by atoms with van der Waals surface area (Å²) in [5.41, 5.74) is 25.6. The van der Waals surface area contributed by atoms with Crippen LogP contribution in [-0.2, 0) is 27.1 Å². The van der Waals surface area contributed by atoms with Crippen LogP contribution in [0.4, 0.5) is 34.1 Å². The van der Waals surface area contributed by atoms with Crippen LogP contribution in [0.25, 0.3) is 21.9 Å². The van der Waals surface area contributed by atoms with E-state index in [1.807, 2.05) is 0 Å². The van der Waals surface area contributed by atoms with Crippen LogP contribution in [0, 0.1) is 13.8 Å². The SMILES string of the molecule is Cc1cc(C(C)(C)C)ccc1N1c2cc3c(cc2B2c4c1cc(C1CCCCC1)cc4N(c1ccccc1C)c1ccc4c(oc5cc6c(cc54)C(C)(C)CCC6(C)C)c12)C(C)(C)CCC3(C)C. The van der Waals surface area contributed by atoms with Gasteiger partial charge >= 0.3 is 0 Å². The lowest BCUT2D eigenvalue weighted by Crippen LogP contribution is -2.62. The van der Waals surface area contributed by atoms with Gasteiger partial charge in [-0.15, -0.1) is 0 Å². The molecule has 0 atom stereocenters. The van der Waals surface area contributed by atoms with Gasteiger partial charge in [0, 0.05) is 44.9 Å². The maximum absolute atomic E-state index is 7.56. The van der Waals surface area contributed by atoms with Crippen molar-refractivity contribution in [2.45, 2.75) is 181 Å². The second kappa shape index (κ2) is 14.7. The van der Waals surface area contributed by atoms with Gasteiger partial charge in [0.25, 0.3) is 6.71 Å². The Morgan fingerprint density at radius 3 is 1.69 bits per heavy atom. The Labute approximate surface area is 407 Å². The highest BCUT2D eigenvalue weighted by atomic mass is 16.3. The number of benzene rings is 6. The highest BCUT2D eigenvalue weighted by molar-refractivity contribution is 7.01. The molecule has 12 rings (SSSR count). The summed E-state index contributed by atoms with van der Waals surface area (Å²) in [6.45, 7) is 31.4. The van der Waals surface area contributed by atoms with Crippen LogP contribution < -0.4 is 26.2 Å². The Morgan fingerprint density at radius 1 is 0.515 bits per heavy atom. The Morgan fingerprint density at radius 2 is 1.07 bits per heavy atom. The van der Waals surface area contributed by atoms with E-state index in [1.165, 1.54) is 164 Å². The minimum atomic E-state index is -0.0472. The van der Waals surface area contributed by atoms with Crippen molar-refractivity contribution in [2.75, 3.05) is 9.80 Å². The van der Waals surface area contributed by atoms with Crippen molar-refractivity contribution in [1.29, 1.82) is 0 Å². The molecule has 0 saturated heterocycles. The van der Waals surface area contributed by atoms with Gasteiger partial charge in [0.15, 0.2) is 0 Å². The fraction of sp³-hybridized carbons (Fsp3) is 0.438. The first kappa shape index (κ1) is 44.0. The summed E-state index contributed by atoms with van der Waals surface area (Å²) in [5.74, 6) is 0.525. The van der Waals surface area contributed by atoms with Crippen LogP contribution in [0.5, 0.6) is 0 Å². The highest BCUT2D eigenvalue weighted by Crippen LogP contribution is 2.54. The standard InChI is InChI=1S/C64H73BN2O/c1-38-19-17-18-22-50(38)66-52-26-24-43-44-34-45-48(64(12,13)30-27-61(45,6)7)37-56(44)68-59(43)58(52)65-49-35-46-47(63(10,11)29-28-62(46,8)9)36-53(49)67(51-25-23-42(31-39(51)2)60(3,4)5)55-33-41(32-54(66)57(55)65)40-20-15-14-16-21-40/h17-19,22-26,31-37,40H,14-16,20-21,27-30H2,1-13H3. The van der Waals surface area contributed by atoms with Gasteiger partial charge in [-0.25, -0.2) is 0 Å². The second-order valence-corrected chi connectivity index (χ2v) is 25.8. The van der Waals surface area contributed by atoms with Crippen molar-refractivity contribution in [1.82, 2.24) is 0 Å². The number of aryl methyl sites for hydroxylation is 2. The fourth-order valence-electron chi connectivity index (χ4n) is 13.8. The highest BCUT2D eigenvalue weighted by Gasteiger charge is 2.49. The molecule has 5 aliphatic rings. The van der Waals surface area contributed by atoms with Gasteiger partial charge in [0.2, 0.25) is 0 Å². The molecule has 0 amide bonds. The number of hydrogen-bond donors (Lipinski definition) is 0. The molecule has 1 fully saturated rings. The number of fused-ring (bicyclic) bond motifs is 10. The summed E-state index contributed by atoms with van der Waals surface area (Å²) >= 11 is 0. The number of para-hydroxylation sites is 1. The van der Waals surface area contributed by atoms with Gasteiger partial charge in [-0.1, -0.05) is 132 Å². The van der Waals surface area contributed by atoms with Gasteiger partial charge in [0.1, 0.15) is 11.2 Å². The molecule has 3 nitrogen and oxygen atoms in total. The quantitative estimate of drug-likeness (QED) is 0.165. The second-order valence-electron chi connectivity index (χ2n) is 25.8. The third-order valence-electron chi connectivity index (χ3n) is 18.4. The number of rotatable bonds is 3. The molecular formula is C64H73BN2O. The molecule has 7 aromatic rings. The third-order valence-corrected chi connectivity index (χ3v) is 18.4. The Hall–Kier alpha value is -5.22. The molecule has 348 valence electrons. The topological polar surface area (TPSA) is 19.6 Å². The van der Waals surface area contributed by atoms with Gasteiger partial charge in [-0.2, -0.15) is 0 Å². The molecule has 68 heavy (non-hydrogen) atoms. The largest absolute Gasteiger partial charge is 0.457 e. The first-order valence-electron chi connectivity index (χ1n) is 26.3. The first-order chi connectivity index (χ1) is 32.1. The molecule has 0 N–H and O–H groups in total. The summed E-state index contributed by atoms with van der Waals surface area (Å²) in [5, 5.41) is 2.47. The molecule has 0 unspecified atom stereocenters. The molecule has 0 radical (unpaired) electrons. The first-order valence-corrected chi connectivity index (χ1v) is 26.3. The summed E-state index contributed by atoms with van der Waals surface area (Å²) in [7, 11) is 0. The Balaban J connectivity index is 1.24. The number of anilines is 6. The van der Waals surface area contributed by atoms with Crippen molar-refractivity contribution in [3.8, 4) is 0 Å². The van der Waals surface area contributed by atoms with Gasteiger partial charge < -0.3 is 14.2 Å². The zero-order chi connectivity index (χ0) is 47.6.